The lowest BCUT2D eigenvalue weighted by molar-refractivity contribution is 0.329. The van der Waals surface area contributed by atoms with Crippen LogP contribution >= 0.6 is 0 Å². The van der Waals surface area contributed by atoms with E-state index in [1.807, 2.05) is 0 Å². The van der Waals surface area contributed by atoms with Crippen molar-refractivity contribution in [2.24, 2.45) is 11.1 Å². The fourth-order valence-corrected chi connectivity index (χ4v) is 3.25. The monoisotopic (exact) mass is 300 g/mol. The number of nitrogens with two attached hydrogens (primary N) is 1. The van der Waals surface area contributed by atoms with Gasteiger partial charge in [0.15, 0.2) is 0 Å². The molecular formula is C14H21FN2O2S. The van der Waals surface area contributed by atoms with Gasteiger partial charge in [-0.1, -0.05) is 13.3 Å². The van der Waals surface area contributed by atoms with E-state index in [4.69, 9.17) is 5.14 Å². The van der Waals surface area contributed by atoms with Gasteiger partial charge in [0.05, 0.1) is 10.6 Å². The molecule has 20 heavy (non-hydrogen) atoms. The van der Waals surface area contributed by atoms with E-state index in [0.717, 1.165) is 37.7 Å². The van der Waals surface area contributed by atoms with E-state index in [0.29, 0.717) is 5.69 Å². The van der Waals surface area contributed by atoms with Crippen molar-refractivity contribution in [2.75, 3.05) is 5.32 Å². The lowest BCUT2D eigenvalue weighted by atomic mass is 9.84. The van der Waals surface area contributed by atoms with Gasteiger partial charge in [-0.3, -0.25) is 0 Å². The van der Waals surface area contributed by atoms with E-state index in [1.165, 1.54) is 18.6 Å². The normalized spacial score (nSPS) is 23.6. The van der Waals surface area contributed by atoms with Crippen LogP contribution in [0.5, 0.6) is 0 Å². The highest BCUT2D eigenvalue weighted by Crippen LogP contribution is 2.29. The first-order chi connectivity index (χ1) is 9.40. The van der Waals surface area contributed by atoms with Gasteiger partial charge in [0, 0.05) is 6.04 Å². The molecule has 2 rings (SSSR count). The van der Waals surface area contributed by atoms with Gasteiger partial charge in [-0.05, 0) is 49.8 Å². The third-order valence-electron chi connectivity index (χ3n) is 4.05. The largest absolute Gasteiger partial charge is 0.380 e. The van der Waals surface area contributed by atoms with Crippen molar-refractivity contribution in [1.29, 1.82) is 0 Å². The molecule has 1 aromatic carbocycles. The van der Waals surface area contributed by atoms with Gasteiger partial charge in [0.1, 0.15) is 5.82 Å². The quantitative estimate of drug-likeness (QED) is 0.898. The molecule has 1 fully saturated rings. The number of benzene rings is 1. The number of rotatable bonds is 4. The molecule has 1 aliphatic carbocycles. The highest BCUT2D eigenvalue weighted by molar-refractivity contribution is 7.89. The minimum Gasteiger partial charge on any atom is -0.380 e. The first-order valence-corrected chi connectivity index (χ1v) is 8.53. The molecule has 3 N–H and O–H groups in total. The Hall–Kier alpha value is -1.14. The van der Waals surface area contributed by atoms with E-state index in [2.05, 4.69) is 12.2 Å². The van der Waals surface area contributed by atoms with Crippen LogP contribution in [-0.4, -0.2) is 14.5 Å². The maximum atomic E-state index is 13.9. The molecule has 1 aliphatic rings. The number of hydrogen-bond acceptors (Lipinski definition) is 3. The van der Waals surface area contributed by atoms with Crippen LogP contribution in [-0.2, 0) is 10.0 Å². The molecule has 0 aromatic heterocycles. The number of primary sulfonamides is 1. The van der Waals surface area contributed by atoms with Gasteiger partial charge in [0.25, 0.3) is 0 Å². The van der Waals surface area contributed by atoms with Crippen molar-refractivity contribution in [2.45, 2.75) is 50.0 Å². The second-order valence-corrected chi connectivity index (χ2v) is 7.02. The van der Waals surface area contributed by atoms with Crippen LogP contribution in [0, 0.1) is 11.7 Å². The molecule has 0 aliphatic heterocycles. The predicted octanol–water partition coefficient (Wildman–Crippen LogP) is 2.85. The topological polar surface area (TPSA) is 72.2 Å². The molecule has 0 saturated heterocycles. The Labute approximate surface area is 119 Å². The number of sulfonamides is 1. The molecule has 0 radical (unpaired) electrons. The molecular weight excluding hydrogens is 279 g/mol. The lowest BCUT2D eigenvalue weighted by Crippen LogP contribution is -2.26. The molecule has 0 amide bonds. The van der Waals surface area contributed by atoms with Crippen LogP contribution in [0.4, 0.5) is 10.1 Å². The summed E-state index contributed by atoms with van der Waals surface area (Å²) in [6.45, 7) is 2.20. The Kier molecular flexibility index (Phi) is 4.65. The molecule has 4 nitrogen and oxygen atoms in total. The summed E-state index contributed by atoms with van der Waals surface area (Å²) >= 11 is 0. The van der Waals surface area contributed by atoms with Crippen LogP contribution in [0.1, 0.15) is 39.0 Å². The Morgan fingerprint density at radius 3 is 2.45 bits per heavy atom. The maximum absolute atomic E-state index is 13.9. The van der Waals surface area contributed by atoms with Gasteiger partial charge in [-0.2, -0.15) is 0 Å². The zero-order chi connectivity index (χ0) is 14.8. The van der Waals surface area contributed by atoms with Gasteiger partial charge in [-0.25, -0.2) is 17.9 Å². The molecule has 6 heteroatoms. The summed E-state index contributed by atoms with van der Waals surface area (Å²) in [6.07, 6.45) is 5.56. The molecule has 0 heterocycles. The summed E-state index contributed by atoms with van der Waals surface area (Å²) in [5.41, 5.74) is 0.345. The van der Waals surface area contributed by atoms with Crippen LogP contribution in [0.25, 0.3) is 0 Å². The van der Waals surface area contributed by atoms with Crippen molar-refractivity contribution >= 4 is 15.7 Å². The Morgan fingerprint density at radius 2 is 1.95 bits per heavy atom. The molecule has 0 unspecified atom stereocenters. The standard InChI is InChI=1S/C14H21FN2O2S/c1-2-10-3-5-11(6-4-10)17-14-8-7-12(9-13(14)15)20(16,18)19/h7-11,17H,2-6H2,1H3,(H2,16,18,19). The van der Waals surface area contributed by atoms with Crippen LogP contribution in [0.15, 0.2) is 23.1 Å². The van der Waals surface area contributed by atoms with Gasteiger partial charge >= 0.3 is 0 Å². The predicted molar refractivity (Wildman–Crippen MR) is 77.4 cm³/mol. The highest BCUT2D eigenvalue weighted by Gasteiger charge is 2.21. The number of halogens is 1. The maximum Gasteiger partial charge on any atom is 0.238 e. The van der Waals surface area contributed by atoms with Crippen molar-refractivity contribution in [3.8, 4) is 0 Å². The average molecular weight is 300 g/mol. The fraction of sp³-hybridized carbons (Fsp3) is 0.571. The lowest BCUT2D eigenvalue weighted by Gasteiger charge is -2.29. The van der Waals surface area contributed by atoms with Crippen molar-refractivity contribution in [3.63, 3.8) is 0 Å². The van der Waals surface area contributed by atoms with Gasteiger partial charge in [0.2, 0.25) is 10.0 Å². The molecule has 0 spiro atoms. The molecule has 1 aromatic rings. The number of nitrogens with one attached hydrogen (secondary N) is 1. The SMILES string of the molecule is CCC1CCC(Nc2ccc(S(N)(=O)=O)cc2F)CC1. The first-order valence-electron chi connectivity index (χ1n) is 6.99. The summed E-state index contributed by atoms with van der Waals surface area (Å²) < 4.78 is 36.2. The van der Waals surface area contributed by atoms with Crippen molar-refractivity contribution < 1.29 is 12.8 Å². The highest BCUT2D eigenvalue weighted by atomic mass is 32.2. The van der Waals surface area contributed by atoms with Gasteiger partial charge < -0.3 is 5.32 Å². The van der Waals surface area contributed by atoms with Crippen LogP contribution < -0.4 is 10.5 Å². The molecule has 0 bridgehead atoms. The third-order valence-corrected chi connectivity index (χ3v) is 4.96. The van der Waals surface area contributed by atoms with Crippen LogP contribution in [0.3, 0.4) is 0 Å². The van der Waals surface area contributed by atoms with Crippen molar-refractivity contribution in [1.82, 2.24) is 0 Å². The van der Waals surface area contributed by atoms with E-state index >= 15 is 0 Å². The Bertz CT molecular complexity index is 567. The zero-order valence-electron chi connectivity index (χ0n) is 11.6. The number of anilines is 1. The van der Waals surface area contributed by atoms with E-state index in [-0.39, 0.29) is 10.9 Å². The van der Waals surface area contributed by atoms with E-state index < -0.39 is 15.8 Å². The zero-order valence-corrected chi connectivity index (χ0v) is 12.4. The molecule has 112 valence electrons. The van der Waals surface area contributed by atoms with E-state index in [9.17, 15) is 12.8 Å². The average Bonchev–Trinajstić information content (AvgIpc) is 2.41. The van der Waals surface area contributed by atoms with Gasteiger partial charge in [-0.15, -0.1) is 0 Å². The minimum absolute atomic E-state index is 0.199. The van der Waals surface area contributed by atoms with Crippen LogP contribution in [0.2, 0.25) is 0 Å². The minimum atomic E-state index is -3.85. The van der Waals surface area contributed by atoms with E-state index in [1.54, 1.807) is 0 Å². The molecule has 0 atom stereocenters. The summed E-state index contributed by atoms with van der Waals surface area (Å²) in [6, 6.07) is 4.00. The number of hydrogen-bond donors (Lipinski definition) is 2. The summed E-state index contributed by atoms with van der Waals surface area (Å²) in [7, 11) is -3.85. The second-order valence-electron chi connectivity index (χ2n) is 5.46. The fourth-order valence-electron chi connectivity index (χ4n) is 2.72. The third kappa shape index (κ3) is 3.70. The molecule has 1 saturated carbocycles. The summed E-state index contributed by atoms with van der Waals surface area (Å²) in [5, 5.41) is 8.14. The second kappa shape index (κ2) is 6.10. The Morgan fingerprint density at radius 1 is 1.30 bits per heavy atom. The smallest absolute Gasteiger partial charge is 0.238 e. The summed E-state index contributed by atoms with van der Waals surface area (Å²) in [4.78, 5) is -0.199. The van der Waals surface area contributed by atoms with Crippen molar-refractivity contribution in [3.05, 3.63) is 24.0 Å². The Balaban J connectivity index is 2.04. The summed E-state index contributed by atoms with van der Waals surface area (Å²) in [5.74, 6) is 0.205. The first kappa shape index (κ1) is 15.3.